The number of carbonyl (C=O) groups is 1. The van der Waals surface area contributed by atoms with Crippen LogP contribution >= 0.6 is 0 Å². The molecule has 4 rings (SSSR count). The maximum atomic E-state index is 13.9. The van der Waals surface area contributed by atoms with Gasteiger partial charge in [-0.15, -0.1) is 0 Å². The maximum absolute atomic E-state index is 13.9. The number of nitrogens with one attached hydrogen (secondary N) is 1. The van der Waals surface area contributed by atoms with Crippen LogP contribution in [0.5, 0.6) is 0 Å². The Morgan fingerprint density at radius 1 is 1.10 bits per heavy atom. The number of nitrogens with zero attached hydrogens (tertiary/aromatic N) is 1. The molecule has 2 aliphatic rings. The summed E-state index contributed by atoms with van der Waals surface area (Å²) in [6.07, 6.45) is 3.03. The molecule has 0 spiro atoms. The fourth-order valence-electron chi connectivity index (χ4n) is 4.54. The molecule has 0 unspecified atom stereocenters. The van der Waals surface area contributed by atoms with E-state index in [2.05, 4.69) is 5.32 Å². The van der Waals surface area contributed by atoms with Crippen molar-refractivity contribution < 1.29 is 22.3 Å². The minimum atomic E-state index is -3.69. The van der Waals surface area contributed by atoms with Crippen molar-refractivity contribution in [2.45, 2.75) is 42.9 Å². The van der Waals surface area contributed by atoms with Crippen LogP contribution in [0.25, 0.3) is 0 Å². The average molecular weight is 447 g/mol. The van der Waals surface area contributed by atoms with Crippen molar-refractivity contribution >= 4 is 21.6 Å². The number of amides is 1. The molecule has 1 saturated heterocycles. The van der Waals surface area contributed by atoms with Crippen molar-refractivity contribution in [3.63, 3.8) is 0 Å². The molecule has 1 heterocycles. The average Bonchev–Trinajstić information content (AvgIpc) is 3.27. The van der Waals surface area contributed by atoms with Crippen LogP contribution in [0.15, 0.2) is 47.4 Å². The van der Waals surface area contributed by atoms with Gasteiger partial charge in [-0.25, -0.2) is 12.8 Å². The van der Waals surface area contributed by atoms with E-state index in [0.717, 1.165) is 12.8 Å². The van der Waals surface area contributed by atoms with Gasteiger partial charge >= 0.3 is 0 Å². The lowest BCUT2D eigenvalue weighted by atomic mass is 9.78. The van der Waals surface area contributed by atoms with Crippen LogP contribution in [0.2, 0.25) is 0 Å². The SMILES string of the molecule is Cc1ccc(NC(=O)C2(c3cccc(F)c3)CCCC2)cc1S(=O)(=O)N1CCOCC1. The molecule has 1 aliphatic carbocycles. The lowest BCUT2D eigenvalue weighted by molar-refractivity contribution is -0.121. The minimum absolute atomic E-state index is 0.179. The van der Waals surface area contributed by atoms with E-state index in [4.69, 9.17) is 4.74 Å². The molecule has 166 valence electrons. The lowest BCUT2D eigenvalue weighted by Crippen LogP contribution is -2.41. The van der Waals surface area contributed by atoms with E-state index in [1.165, 1.54) is 22.5 Å². The van der Waals surface area contributed by atoms with Crippen LogP contribution < -0.4 is 5.32 Å². The maximum Gasteiger partial charge on any atom is 0.243 e. The Kier molecular flexibility index (Phi) is 6.14. The van der Waals surface area contributed by atoms with Crippen molar-refractivity contribution in [1.82, 2.24) is 4.31 Å². The Morgan fingerprint density at radius 2 is 1.81 bits per heavy atom. The van der Waals surface area contributed by atoms with E-state index in [9.17, 15) is 17.6 Å². The molecule has 1 N–H and O–H groups in total. The third-order valence-corrected chi connectivity index (χ3v) is 8.34. The number of aryl methyl sites for hydroxylation is 1. The second kappa shape index (κ2) is 8.68. The summed E-state index contributed by atoms with van der Waals surface area (Å²) in [5.74, 6) is -0.597. The minimum Gasteiger partial charge on any atom is -0.379 e. The van der Waals surface area contributed by atoms with E-state index in [1.54, 1.807) is 31.2 Å². The van der Waals surface area contributed by atoms with Gasteiger partial charge in [-0.05, 0) is 55.2 Å². The van der Waals surface area contributed by atoms with E-state index < -0.39 is 15.4 Å². The number of hydrogen-bond acceptors (Lipinski definition) is 4. The number of hydrogen-bond donors (Lipinski definition) is 1. The van der Waals surface area contributed by atoms with Gasteiger partial charge in [0.1, 0.15) is 5.82 Å². The summed E-state index contributed by atoms with van der Waals surface area (Å²) in [6, 6.07) is 11.1. The van der Waals surface area contributed by atoms with Crippen LogP contribution in [-0.4, -0.2) is 44.9 Å². The zero-order valence-electron chi connectivity index (χ0n) is 17.6. The molecule has 0 atom stereocenters. The van der Waals surface area contributed by atoms with Gasteiger partial charge in [0.15, 0.2) is 0 Å². The highest BCUT2D eigenvalue weighted by atomic mass is 32.2. The van der Waals surface area contributed by atoms with Crippen molar-refractivity contribution in [1.29, 1.82) is 0 Å². The quantitative estimate of drug-likeness (QED) is 0.761. The van der Waals surface area contributed by atoms with Gasteiger partial charge in [0.05, 0.1) is 23.5 Å². The number of ether oxygens (including phenoxy) is 1. The number of anilines is 1. The summed E-state index contributed by atoms with van der Waals surface area (Å²) in [5.41, 5.74) is 0.891. The first-order chi connectivity index (χ1) is 14.8. The first kappa shape index (κ1) is 21.9. The fourth-order valence-corrected chi connectivity index (χ4v) is 6.20. The number of halogens is 1. The predicted octanol–water partition coefficient (Wildman–Crippen LogP) is 3.61. The van der Waals surface area contributed by atoms with Crippen LogP contribution in [-0.2, 0) is 25.0 Å². The summed E-state index contributed by atoms with van der Waals surface area (Å²) in [5, 5.41) is 2.92. The predicted molar refractivity (Wildman–Crippen MR) is 116 cm³/mol. The second-order valence-corrected chi connectivity index (χ2v) is 10.2. The van der Waals surface area contributed by atoms with Gasteiger partial charge in [-0.2, -0.15) is 4.31 Å². The number of benzene rings is 2. The molecule has 0 bridgehead atoms. The van der Waals surface area contributed by atoms with Crippen LogP contribution in [0.3, 0.4) is 0 Å². The van der Waals surface area contributed by atoms with E-state index in [1.807, 2.05) is 0 Å². The molecule has 1 amide bonds. The van der Waals surface area contributed by atoms with Crippen molar-refractivity contribution in [2.24, 2.45) is 0 Å². The summed E-state index contributed by atoms with van der Waals surface area (Å²) in [7, 11) is -3.69. The fraction of sp³-hybridized carbons (Fsp3) is 0.435. The molecule has 1 saturated carbocycles. The Hall–Kier alpha value is -2.29. The highest BCUT2D eigenvalue weighted by Crippen LogP contribution is 2.42. The Balaban J connectivity index is 1.63. The molecular weight excluding hydrogens is 419 g/mol. The van der Waals surface area contributed by atoms with Crippen LogP contribution in [0.4, 0.5) is 10.1 Å². The standard InChI is InChI=1S/C23H27FN2O4S/c1-17-7-8-20(16-21(17)31(28,29)26-11-13-30-14-12-26)25-22(27)23(9-2-3-10-23)18-5-4-6-19(24)15-18/h4-8,15-16H,2-3,9-14H2,1H3,(H,25,27). The van der Waals surface area contributed by atoms with Crippen molar-refractivity contribution in [2.75, 3.05) is 31.6 Å². The zero-order valence-corrected chi connectivity index (χ0v) is 18.4. The lowest BCUT2D eigenvalue weighted by Gasteiger charge is -2.29. The molecule has 31 heavy (non-hydrogen) atoms. The summed E-state index contributed by atoms with van der Waals surface area (Å²) >= 11 is 0. The monoisotopic (exact) mass is 446 g/mol. The molecule has 2 fully saturated rings. The third-order valence-electron chi connectivity index (χ3n) is 6.30. The van der Waals surface area contributed by atoms with E-state index >= 15 is 0 Å². The number of carbonyl (C=O) groups excluding carboxylic acids is 1. The highest BCUT2D eigenvalue weighted by molar-refractivity contribution is 7.89. The molecular formula is C23H27FN2O4S. The summed E-state index contributed by atoms with van der Waals surface area (Å²) in [6.45, 7) is 3.09. The normalized spacial score (nSPS) is 19.3. The molecule has 0 aromatic heterocycles. The van der Waals surface area contributed by atoms with E-state index in [0.29, 0.717) is 56.0 Å². The molecule has 1 aliphatic heterocycles. The third kappa shape index (κ3) is 4.24. The largest absolute Gasteiger partial charge is 0.379 e. The van der Waals surface area contributed by atoms with Crippen molar-refractivity contribution in [3.05, 3.63) is 59.4 Å². The van der Waals surface area contributed by atoms with Crippen molar-refractivity contribution in [3.8, 4) is 0 Å². The van der Waals surface area contributed by atoms with E-state index in [-0.39, 0.29) is 16.6 Å². The van der Waals surface area contributed by atoms with Gasteiger partial charge in [-0.3, -0.25) is 4.79 Å². The van der Waals surface area contributed by atoms with Gasteiger partial charge < -0.3 is 10.1 Å². The molecule has 2 aromatic carbocycles. The number of sulfonamides is 1. The van der Waals surface area contributed by atoms with Crippen LogP contribution in [0.1, 0.15) is 36.8 Å². The molecule has 0 radical (unpaired) electrons. The van der Waals surface area contributed by atoms with Crippen LogP contribution in [0, 0.1) is 12.7 Å². The first-order valence-electron chi connectivity index (χ1n) is 10.6. The van der Waals surface area contributed by atoms with Gasteiger partial charge in [0, 0.05) is 18.8 Å². The van der Waals surface area contributed by atoms with Gasteiger partial charge in [0.25, 0.3) is 0 Å². The highest BCUT2D eigenvalue weighted by Gasteiger charge is 2.43. The summed E-state index contributed by atoms with van der Waals surface area (Å²) in [4.78, 5) is 13.6. The number of rotatable bonds is 5. The Bertz CT molecular complexity index is 1070. The number of morpholine rings is 1. The second-order valence-electron chi connectivity index (χ2n) is 8.25. The smallest absolute Gasteiger partial charge is 0.243 e. The van der Waals surface area contributed by atoms with Gasteiger partial charge in [-0.1, -0.05) is 31.0 Å². The first-order valence-corrected chi connectivity index (χ1v) is 12.0. The Morgan fingerprint density at radius 3 is 2.48 bits per heavy atom. The topological polar surface area (TPSA) is 75.7 Å². The Labute approximate surface area is 182 Å². The zero-order chi connectivity index (χ0) is 22.1. The molecule has 2 aromatic rings. The molecule has 8 heteroatoms. The molecule has 6 nitrogen and oxygen atoms in total. The van der Waals surface area contributed by atoms with Gasteiger partial charge in [0.2, 0.25) is 15.9 Å². The summed E-state index contributed by atoms with van der Waals surface area (Å²) < 4.78 is 46.8.